The Kier molecular flexibility index (Phi) is 3.86. The number of phenols is 1. The first kappa shape index (κ1) is 12.9. The molecule has 0 aliphatic heterocycles. The van der Waals surface area contributed by atoms with Gasteiger partial charge in [-0.05, 0) is 65.4 Å². The molecule has 18 heavy (non-hydrogen) atoms. The Balaban J connectivity index is 2.22. The van der Waals surface area contributed by atoms with Gasteiger partial charge in [-0.3, -0.25) is 4.79 Å². The van der Waals surface area contributed by atoms with E-state index in [-0.39, 0.29) is 11.7 Å². The number of nitrogens with one attached hydrogen (secondary N) is 1. The van der Waals surface area contributed by atoms with Gasteiger partial charge in [0.1, 0.15) is 5.75 Å². The number of hydrogen-bond donors (Lipinski definition) is 2. The lowest BCUT2D eigenvalue weighted by Gasteiger charge is -2.08. The molecule has 4 heteroatoms. The van der Waals surface area contributed by atoms with Gasteiger partial charge < -0.3 is 10.4 Å². The first-order valence-electron chi connectivity index (χ1n) is 5.43. The van der Waals surface area contributed by atoms with Crippen LogP contribution in [0.15, 0.2) is 42.5 Å². The Morgan fingerprint density at radius 3 is 2.50 bits per heavy atom. The van der Waals surface area contributed by atoms with E-state index in [0.717, 1.165) is 9.13 Å². The molecule has 0 spiro atoms. The molecule has 2 rings (SSSR count). The van der Waals surface area contributed by atoms with Crippen LogP contribution < -0.4 is 5.32 Å². The maximum atomic E-state index is 12.1. The van der Waals surface area contributed by atoms with E-state index in [0.29, 0.717) is 11.3 Å². The van der Waals surface area contributed by atoms with Crippen LogP contribution in [0.25, 0.3) is 0 Å². The summed E-state index contributed by atoms with van der Waals surface area (Å²) in [5, 5.41) is 12.0. The summed E-state index contributed by atoms with van der Waals surface area (Å²) in [5.41, 5.74) is 2.40. The molecule has 0 bridgehead atoms. The molecule has 0 saturated heterocycles. The van der Waals surface area contributed by atoms with E-state index in [4.69, 9.17) is 0 Å². The van der Waals surface area contributed by atoms with Gasteiger partial charge in [0.05, 0.1) is 5.56 Å². The summed E-state index contributed by atoms with van der Waals surface area (Å²) in [7, 11) is 0. The summed E-state index contributed by atoms with van der Waals surface area (Å²) in [6.07, 6.45) is 0. The van der Waals surface area contributed by atoms with Crippen molar-refractivity contribution in [2.45, 2.75) is 6.92 Å². The van der Waals surface area contributed by atoms with E-state index in [1.54, 1.807) is 18.2 Å². The van der Waals surface area contributed by atoms with Crippen LogP contribution in [-0.2, 0) is 0 Å². The average molecular weight is 353 g/mol. The van der Waals surface area contributed by atoms with E-state index in [2.05, 4.69) is 27.9 Å². The Bertz CT molecular complexity index is 579. The highest BCUT2D eigenvalue weighted by molar-refractivity contribution is 14.1. The number of aromatic hydroxyl groups is 1. The van der Waals surface area contributed by atoms with Gasteiger partial charge in [-0.15, -0.1) is 0 Å². The fourth-order valence-electron chi connectivity index (χ4n) is 1.57. The van der Waals surface area contributed by atoms with Crippen molar-refractivity contribution in [2.75, 3.05) is 5.32 Å². The zero-order valence-corrected chi connectivity index (χ0v) is 11.9. The summed E-state index contributed by atoms with van der Waals surface area (Å²) >= 11 is 2.17. The maximum absolute atomic E-state index is 12.1. The van der Waals surface area contributed by atoms with Crippen molar-refractivity contribution >= 4 is 34.2 Å². The van der Waals surface area contributed by atoms with Crippen molar-refractivity contribution in [3.8, 4) is 5.75 Å². The lowest BCUT2D eigenvalue weighted by Crippen LogP contribution is -2.13. The van der Waals surface area contributed by atoms with Crippen LogP contribution in [0.2, 0.25) is 0 Å². The maximum Gasteiger partial charge on any atom is 0.256 e. The van der Waals surface area contributed by atoms with Gasteiger partial charge in [-0.1, -0.05) is 12.1 Å². The van der Waals surface area contributed by atoms with Gasteiger partial charge in [0, 0.05) is 9.26 Å². The van der Waals surface area contributed by atoms with E-state index < -0.39 is 0 Å². The fraction of sp³-hybridized carbons (Fsp3) is 0.0714. The average Bonchev–Trinajstić information content (AvgIpc) is 2.35. The zero-order chi connectivity index (χ0) is 13.1. The van der Waals surface area contributed by atoms with Crippen LogP contribution >= 0.6 is 22.6 Å². The smallest absolute Gasteiger partial charge is 0.256 e. The highest BCUT2D eigenvalue weighted by Gasteiger charge is 2.11. The first-order valence-corrected chi connectivity index (χ1v) is 6.51. The molecule has 0 aliphatic rings. The predicted molar refractivity (Wildman–Crippen MR) is 80.0 cm³/mol. The van der Waals surface area contributed by atoms with Gasteiger partial charge in [-0.25, -0.2) is 0 Å². The van der Waals surface area contributed by atoms with Crippen molar-refractivity contribution < 1.29 is 9.90 Å². The number of benzene rings is 2. The predicted octanol–water partition coefficient (Wildman–Crippen LogP) is 3.56. The third kappa shape index (κ3) is 2.81. The number of anilines is 1. The number of carbonyl (C=O) groups is 1. The normalized spacial score (nSPS) is 10.1. The minimum Gasteiger partial charge on any atom is -0.508 e. The quantitative estimate of drug-likeness (QED) is 0.641. The number of hydrogen-bond acceptors (Lipinski definition) is 2. The van der Waals surface area contributed by atoms with Crippen LogP contribution in [0, 0.1) is 10.5 Å². The molecule has 0 heterocycles. The largest absolute Gasteiger partial charge is 0.508 e. The minimum absolute atomic E-state index is 0.145. The molecule has 0 atom stereocenters. The lowest BCUT2D eigenvalue weighted by molar-refractivity contribution is 0.102. The second-order valence-corrected chi connectivity index (χ2v) is 5.02. The Labute approximate surface area is 119 Å². The van der Waals surface area contributed by atoms with E-state index in [9.17, 15) is 9.90 Å². The van der Waals surface area contributed by atoms with Crippen molar-refractivity contribution in [3.63, 3.8) is 0 Å². The summed E-state index contributed by atoms with van der Waals surface area (Å²) in [5.74, 6) is 0.0342. The van der Waals surface area contributed by atoms with Crippen LogP contribution in [0.3, 0.4) is 0 Å². The molecule has 1 amide bonds. The van der Waals surface area contributed by atoms with Gasteiger partial charge >= 0.3 is 0 Å². The molecule has 0 fully saturated rings. The zero-order valence-electron chi connectivity index (χ0n) is 9.77. The van der Waals surface area contributed by atoms with Crippen LogP contribution in [0.1, 0.15) is 15.9 Å². The third-order valence-electron chi connectivity index (χ3n) is 2.56. The number of rotatable bonds is 2. The summed E-state index contributed by atoms with van der Waals surface area (Å²) < 4.78 is 0.950. The summed E-state index contributed by atoms with van der Waals surface area (Å²) in [6, 6.07) is 12.0. The third-order valence-corrected chi connectivity index (χ3v) is 3.99. The standard InChI is InChI=1S/C14H12INO2/c1-9-3-2-4-12(13(9)15)14(18)16-10-5-7-11(17)8-6-10/h2-8,17H,1H3,(H,16,18). The molecule has 0 saturated carbocycles. The monoisotopic (exact) mass is 353 g/mol. The first-order chi connectivity index (χ1) is 8.58. The Morgan fingerprint density at radius 1 is 1.17 bits per heavy atom. The molecule has 2 aromatic rings. The van der Waals surface area contributed by atoms with E-state index in [1.165, 1.54) is 12.1 Å². The summed E-state index contributed by atoms with van der Waals surface area (Å²) in [4.78, 5) is 12.1. The molecule has 3 nitrogen and oxygen atoms in total. The molecule has 0 aliphatic carbocycles. The number of aryl methyl sites for hydroxylation is 1. The molecule has 2 aromatic carbocycles. The second kappa shape index (κ2) is 5.39. The number of halogens is 1. The van der Waals surface area contributed by atoms with Crippen LogP contribution in [0.4, 0.5) is 5.69 Å². The van der Waals surface area contributed by atoms with Gasteiger partial charge in [0.2, 0.25) is 0 Å². The van der Waals surface area contributed by atoms with Crippen LogP contribution in [0.5, 0.6) is 5.75 Å². The molecule has 92 valence electrons. The number of phenolic OH excluding ortho intramolecular Hbond substituents is 1. The van der Waals surface area contributed by atoms with Crippen molar-refractivity contribution in [2.24, 2.45) is 0 Å². The molecule has 0 radical (unpaired) electrons. The number of amides is 1. The van der Waals surface area contributed by atoms with Gasteiger partial charge in [0.15, 0.2) is 0 Å². The SMILES string of the molecule is Cc1cccc(C(=O)Nc2ccc(O)cc2)c1I. The van der Waals surface area contributed by atoms with Crippen molar-refractivity contribution in [3.05, 3.63) is 57.2 Å². The summed E-state index contributed by atoms with van der Waals surface area (Å²) in [6.45, 7) is 1.97. The lowest BCUT2D eigenvalue weighted by atomic mass is 10.1. The van der Waals surface area contributed by atoms with Crippen molar-refractivity contribution in [1.82, 2.24) is 0 Å². The molecular weight excluding hydrogens is 341 g/mol. The van der Waals surface area contributed by atoms with Crippen molar-refractivity contribution in [1.29, 1.82) is 0 Å². The van der Waals surface area contributed by atoms with Gasteiger partial charge in [0.25, 0.3) is 5.91 Å². The Morgan fingerprint density at radius 2 is 1.83 bits per heavy atom. The van der Waals surface area contributed by atoms with E-state index >= 15 is 0 Å². The molecule has 0 aromatic heterocycles. The topological polar surface area (TPSA) is 49.3 Å². The molecular formula is C14H12INO2. The van der Waals surface area contributed by atoms with Crippen LogP contribution in [-0.4, -0.2) is 11.0 Å². The van der Waals surface area contributed by atoms with E-state index in [1.807, 2.05) is 19.1 Å². The highest BCUT2D eigenvalue weighted by atomic mass is 127. The van der Waals surface area contributed by atoms with Gasteiger partial charge in [-0.2, -0.15) is 0 Å². The number of carbonyl (C=O) groups excluding carboxylic acids is 1. The Hall–Kier alpha value is -1.56. The fourth-order valence-corrected chi connectivity index (χ4v) is 2.17. The molecule has 0 unspecified atom stereocenters. The second-order valence-electron chi connectivity index (χ2n) is 3.94. The molecule has 2 N–H and O–H groups in total. The minimum atomic E-state index is -0.145. The highest BCUT2D eigenvalue weighted by Crippen LogP contribution is 2.19.